The molecule has 0 atom stereocenters. The Morgan fingerprint density at radius 1 is 0.913 bits per heavy atom. The van der Waals surface area contributed by atoms with Gasteiger partial charge in [0.15, 0.2) is 9.84 Å². The summed E-state index contributed by atoms with van der Waals surface area (Å²) in [6, 6.07) is 12.6. The molecule has 0 unspecified atom stereocenters. The number of hydrogen-bond donors (Lipinski definition) is 0. The van der Waals surface area contributed by atoms with Crippen LogP contribution >= 0.6 is 23.2 Å². The minimum atomic E-state index is -3.45. The molecule has 0 N–H and O–H groups in total. The van der Waals surface area contributed by atoms with E-state index in [4.69, 9.17) is 23.2 Å². The fourth-order valence-corrected chi connectivity index (χ4v) is 4.30. The van der Waals surface area contributed by atoms with Gasteiger partial charge in [0.2, 0.25) is 0 Å². The summed E-state index contributed by atoms with van der Waals surface area (Å²) in [5.41, 5.74) is 0.497. The van der Waals surface area contributed by atoms with Crippen molar-refractivity contribution in [1.29, 1.82) is 0 Å². The van der Waals surface area contributed by atoms with Crippen molar-refractivity contribution in [1.82, 2.24) is 4.90 Å². The molecule has 23 heavy (non-hydrogen) atoms. The van der Waals surface area contributed by atoms with Crippen LogP contribution in [0.25, 0.3) is 0 Å². The molecule has 0 bridgehead atoms. The molecule has 1 aliphatic heterocycles. The molecule has 120 valence electrons. The first-order valence-electron chi connectivity index (χ1n) is 6.92. The van der Waals surface area contributed by atoms with Crippen molar-refractivity contribution in [3.05, 3.63) is 64.1 Å². The summed E-state index contributed by atoms with van der Waals surface area (Å²) >= 11 is 11.6. The van der Waals surface area contributed by atoms with Crippen LogP contribution < -0.4 is 0 Å². The molecule has 0 spiro atoms. The van der Waals surface area contributed by atoms with Crippen molar-refractivity contribution in [2.24, 2.45) is 0 Å². The monoisotopic (exact) mass is 369 g/mol. The maximum atomic E-state index is 12.5. The maximum Gasteiger partial charge on any atom is 0.253 e. The third-order valence-electron chi connectivity index (χ3n) is 3.81. The predicted molar refractivity (Wildman–Crippen MR) is 89.8 cm³/mol. The lowest BCUT2D eigenvalue weighted by Crippen LogP contribution is -2.56. The highest BCUT2D eigenvalue weighted by molar-refractivity contribution is 7.92. The fraction of sp³-hybridized carbons (Fsp3) is 0.188. The third kappa shape index (κ3) is 3.22. The van der Waals surface area contributed by atoms with Crippen molar-refractivity contribution in [2.75, 3.05) is 13.1 Å². The first kappa shape index (κ1) is 16.3. The number of carbonyl (C=O) groups excluding carboxylic acids is 1. The van der Waals surface area contributed by atoms with Crippen molar-refractivity contribution >= 4 is 38.9 Å². The van der Waals surface area contributed by atoms with Gasteiger partial charge in [0.05, 0.1) is 4.90 Å². The van der Waals surface area contributed by atoms with E-state index in [-0.39, 0.29) is 23.9 Å². The lowest BCUT2D eigenvalue weighted by Gasteiger charge is -2.38. The van der Waals surface area contributed by atoms with Crippen molar-refractivity contribution in [3.8, 4) is 0 Å². The highest BCUT2D eigenvalue weighted by Crippen LogP contribution is 2.26. The Labute approximate surface area is 144 Å². The molecule has 1 fully saturated rings. The van der Waals surface area contributed by atoms with Gasteiger partial charge in [0.1, 0.15) is 5.25 Å². The summed E-state index contributed by atoms with van der Waals surface area (Å²) in [7, 11) is -3.45. The predicted octanol–water partition coefficient (Wildman–Crippen LogP) is 3.29. The van der Waals surface area contributed by atoms with Crippen LogP contribution in [0.4, 0.5) is 0 Å². The van der Waals surface area contributed by atoms with Crippen LogP contribution in [0.2, 0.25) is 10.0 Å². The standard InChI is InChI=1S/C16H13Cl2NO3S/c17-12-3-1-11(2-4-12)16(20)19-9-15(10-19)23(21,22)14-7-5-13(18)6-8-14/h1-8,15H,9-10H2. The number of hydrogen-bond acceptors (Lipinski definition) is 3. The molecule has 0 saturated carbocycles. The molecular formula is C16H13Cl2NO3S. The van der Waals surface area contributed by atoms with Gasteiger partial charge in [-0.1, -0.05) is 23.2 Å². The molecule has 1 amide bonds. The number of sulfone groups is 1. The number of halogens is 2. The molecule has 0 aliphatic carbocycles. The van der Waals surface area contributed by atoms with Gasteiger partial charge in [0, 0.05) is 28.7 Å². The molecule has 0 aromatic heterocycles. The normalized spacial score (nSPS) is 15.3. The van der Waals surface area contributed by atoms with E-state index in [1.54, 1.807) is 36.4 Å². The van der Waals surface area contributed by atoms with Gasteiger partial charge >= 0.3 is 0 Å². The zero-order valence-corrected chi connectivity index (χ0v) is 14.3. The van der Waals surface area contributed by atoms with Gasteiger partial charge in [-0.3, -0.25) is 4.79 Å². The Kier molecular flexibility index (Phi) is 4.36. The minimum Gasteiger partial charge on any atom is -0.336 e. The highest BCUT2D eigenvalue weighted by Gasteiger charge is 2.40. The van der Waals surface area contributed by atoms with E-state index >= 15 is 0 Å². The molecule has 1 saturated heterocycles. The quantitative estimate of drug-likeness (QED) is 0.833. The fourth-order valence-electron chi connectivity index (χ4n) is 2.39. The number of benzene rings is 2. The average Bonchev–Trinajstić information content (AvgIpc) is 2.46. The van der Waals surface area contributed by atoms with Gasteiger partial charge in [-0.15, -0.1) is 0 Å². The summed E-state index contributed by atoms with van der Waals surface area (Å²) in [6.07, 6.45) is 0. The second kappa shape index (κ2) is 6.15. The number of carbonyl (C=O) groups is 1. The van der Waals surface area contributed by atoms with Gasteiger partial charge < -0.3 is 4.90 Å². The zero-order chi connectivity index (χ0) is 16.6. The summed E-state index contributed by atoms with van der Waals surface area (Å²) in [5, 5.41) is 0.449. The third-order valence-corrected chi connectivity index (χ3v) is 6.42. The second-order valence-electron chi connectivity index (χ2n) is 5.34. The van der Waals surface area contributed by atoms with Gasteiger partial charge in [0.25, 0.3) is 5.91 Å². The van der Waals surface area contributed by atoms with E-state index in [2.05, 4.69) is 0 Å². The van der Waals surface area contributed by atoms with Crippen LogP contribution in [0.15, 0.2) is 53.4 Å². The van der Waals surface area contributed by atoms with E-state index in [9.17, 15) is 13.2 Å². The van der Waals surface area contributed by atoms with Crippen LogP contribution in [-0.4, -0.2) is 37.6 Å². The highest BCUT2D eigenvalue weighted by atomic mass is 35.5. The maximum absolute atomic E-state index is 12.5. The smallest absolute Gasteiger partial charge is 0.253 e. The molecule has 7 heteroatoms. The molecule has 1 heterocycles. The van der Waals surface area contributed by atoms with E-state index in [1.165, 1.54) is 17.0 Å². The Morgan fingerprint density at radius 3 is 1.91 bits per heavy atom. The molecule has 4 nitrogen and oxygen atoms in total. The number of nitrogens with zero attached hydrogens (tertiary/aromatic N) is 1. The average molecular weight is 370 g/mol. The van der Waals surface area contributed by atoms with E-state index in [0.29, 0.717) is 15.6 Å². The number of likely N-dealkylation sites (tertiary alicyclic amines) is 1. The van der Waals surface area contributed by atoms with Crippen molar-refractivity contribution < 1.29 is 13.2 Å². The van der Waals surface area contributed by atoms with E-state index < -0.39 is 15.1 Å². The van der Waals surface area contributed by atoms with Gasteiger partial charge in [-0.25, -0.2) is 8.42 Å². The molecule has 2 aromatic rings. The first-order valence-corrected chi connectivity index (χ1v) is 9.22. The Hall–Kier alpha value is -1.56. The Morgan fingerprint density at radius 2 is 1.39 bits per heavy atom. The molecule has 3 rings (SSSR count). The number of amides is 1. The molecule has 1 aliphatic rings. The van der Waals surface area contributed by atoms with Crippen molar-refractivity contribution in [2.45, 2.75) is 10.1 Å². The van der Waals surface area contributed by atoms with Crippen LogP contribution in [-0.2, 0) is 9.84 Å². The van der Waals surface area contributed by atoms with Crippen LogP contribution in [0, 0.1) is 0 Å². The SMILES string of the molecule is O=C(c1ccc(Cl)cc1)N1CC(S(=O)(=O)c2ccc(Cl)cc2)C1. The van der Waals surface area contributed by atoms with E-state index in [1.807, 2.05) is 0 Å². The number of rotatable bonds is 3. The Balaban J connectivity index is 1.69. The van der Waals surface area contributed by atoms with Gasteiger partial charge in [-0.05, 0) is 48.5 Å². The Bertz CT molecular complexity index is 827. The molecule has 0 radical (unpaired) electrons. The van der Waals surface area contributed by atoms with Crippen LogP contribution in [0.3, 0.4) is 0 Å². The minimum absolute atomic E-state index is 0.187. The lowest BCUT2D eigenvalue weighted by atomic mass is 10.1. The topological polar surface area (TPSA) is 54.5 Å². The molecular weight excluding hydrogens is 357 g/mol. The largest absolute Gasteiger partial charge is 0.336 e. The summed E-state index contributed by atoms with van der Waals surface area (Å²) in [4.78, 5) is 14.0. The van der Waals surface area contributed by atoms with Gasteiger partial charge in [-0.2, -0.15) is 0 Å². The lowest BCUT2D eigenvalue weighted by molar-refractivity contribution is 0.0659. The zero-order valence-electron chi connectivity index (χ0n) is 11.9. The summed E-state index contributed by atoms with van der Waals surface area (Å²) < 4.78 is 25.0. The van der Waals surface area contributed by atoms with Crippen LogP contribution in [0.5, 0.6) is 0 Å². The first-order chi connectivity index (χ1) is 10.9. The van der Waals surface area contributed by atoms with E-state index in [0.717, 1.165) is 0 Å². The molecule has 2 aromatic carbocycles. The second-order valence-corrected chi connectivity index (χ2v) is 8.44. The van der Waals surface area contributed by atoms with Crippen LogP contribution in [0.1, 0.15) is 10.4 Å². The van der Waals surface area contributed by atoms with Crippen molar-refractivity contribution in [3.63, 3.8) is 0 Å². The summed E-state index contributed by atoms with van der Waals surface area (Å²) in [6.45, 7) is 0.374. The summed E-state index contributed by atoms with van der Waals surface area (Å²) in [5.74, 6) is -0.191.